The Morgan fingerprint density at radius 3 is 1.14 bits per heavy atom. The van der Waals surface area contributed by atoms with E-state index in [9.17, 15) is 24.0 Å². The largest absolute Gasteiger partial charge is 0.364 e. The second-order valence-electron chi connectivity index (χ2n) is 10.9. The molecule has 0 spiro atoms. The minimum Gasteiger partial charge on any atom is -0.330 e. The van der Waals surface area contributed by atoms with Crippen molar-refractivity contribution in [2.45, 2.75) is 132 Å². The fraction of sp³-hybridized carbons (Fsp3) is 0.833. The molecule has 0 bridgehead atoms. The number of rotatable bonds is 20. The van der Waals surface area contributed by atoms with Crippen LogP contribution < -0.4 is 5.32 Å². The molecule has 12 nitrogen and oxygen atoms in total. The Bertz CT molecular complexity index is 871. The normalized spacial score (nSPS) is 14.6. The zero-order valence-electron chi connectivity index (χ0n) is 27.6. The summed E-state index contributed by atoms with van der Waals surface area (Å²) in [5.74, 6) is -2.32. The number of nitrogens with zero attached hydrogens (tertiary/aromatic N) is 4. The van der Waals surface area contributed by atoms with Crippen molar-refractivity contribution in [2.24, 2.45) is 0 Å². The van der Waals surface area contributed by atoms with Gasteiger partial charge < -0.3 is 24.9 Å². The highest BCUT2D eigenvalue weighted by molar-refractivity contribution is 5.95. The van der Waals surface area contributed by atoms with Crippen LogP contribution in [0.3, 0.4) is 0 Å². The van der Waals surface area contributed by atoms with Gasteiger partial charge in [0, 0.05) is 26.2 Å². The van der Waals surface area contributed by atoms with Gasteiger partial charge in [0.15, 0.2) is 0 Å². The summed E-state index contributed by atoms with van der Waals surface area (Å²) in [6, 6.07) is -4.10. The van der Waals surface area contributed by atoms with E-state index in [1.54, 1.807) is 32.6 Å². The van der Waals surface area contributed by atoms with Gasteiger partial charge in [-0.05, 0) is 73.3 Å². The monoisotopic (exact) mass is 599 g/mol. The fourth-order valence-electron chi connectivity index (χ4n) is 4.96. The van der Waals surface area contributed by atoms with Crippen LogP contribution in [-0.4, -0.2) is 117 Å². The molecule has 5 atom stereocenters. The summed E-state index contributed by atoms with van der Waals surface area (Å²) in [5, 5.41) is 12.1. The molecule has 2 N–H and O–H groups in total. The lowest BCUT2D eigenvalue weighted by atomic mass is 10.1. The van der Waals surface area contributed by atoms with Crippen molar-refractivity contribution >= 4 is 29.6 Å². The maximum atomic E-state index is 14.0. The summed E-state index contributed by atoms with van der Waals surface area (Å²) in [7, 11) is 0. The highest BCUT2D eigenvalue weighted by Gasteiger charge is 2.39. The Morgan fingerprint density at radius 1 is 0.548 bits per heavy atom. The van der Waals surface area contributed by atoms with E-state index in [4.69, 9.17) is 5.26 Å². The summed E-state index contributed by atoms with van der Waals surface area (Å²) in [6.07, 6.45) is 3.26. The number of hydrogen-bond donors (Lipinski definition) is 2. The third-order valence-corrected chi connectivity index (χ3v) is 7.43. The molecular formula is C30H57N5O7. The van der Waals surface area contributed by atoms with E-state index in [1.165, 1.54) is 21.6 Å². The van der Waals surface area contributed by atoms with Crippen LogP contribution in [0.25, 0.3) is 0 Å². The van der Waals surface area contributed by atoms with Crippen molar-refractivity contribution in [1.29, 1.82) is 0 Å². The van der Waals surface area contributed by atoms with Gasteiger partial charge in [-0.25, -0.2) is 4.79 Å². The standard InChI is InChI=1S/C30H57N5O7/c1-11-16-31-21(6)26(36)32(17-12-2)22(7)27(37)33(18-13-3)23(8)28(38)34(19-14-4)24(9)29(39)35(20-15-5)25(10)30(40)42-41/h21-25,31,41H,11-20H2,1-10H3/t21-,22-,23-,24-,25-/m1/s1. The smallest absolute Gasteiger partial charge is 0.330 e. The van der Waals surface area contributed by atoms with Crippen molar-refractivity contribution in [3.05, 3.63) is 0 Å². The van der Waals surface area contributed by atoms with E-state index >= 15 is 0 Å². The van der Waals surface area contributed by atoms with E-state index in [2.05, 4.69) is 10.2 Å². The lowest BCUT2D eigenvalue weighted by molar-refractivity contribution is -0.239. The van der Waals surface area contributed by atoms with Gasteiger partial charge in [-0.3, -0.25) is 24.1 Å². The summed E-state index contributed by atoms with van der Waals surface area (Å²) in [5.41, 5.74) is 0. The van der Waals surface area contributed by atoms with Crippen molar-refractivity contribution < 1.29 is 34.1 Å². The first-order valence-electron chi connectivity index (χ1n) is 15.6. The molecule has 0 heterocycles. The van der Waals surface area contributed by atoms with Gasteiger partial charge in [0.05, 0.1) is 6.04 Å². The molecule has 0 unspecified atom stereocenters. The van der Waals surface area contributed by atoms with E-state index < -0.39 is 48.0 Å². The van der Waals surface area contributed by atoms with E-state index in [0.717, 1.165) is 6.42 Å². The maximum Gasteiger partial charge on any atom is 0.364 e. The molecular weight excluding hydrogens is 542 g/mol. The highest BCUT2D eigenvalue weighted by atomic mass is 17.1. The molecule has 0 rings (SSSR count). The molecule has 12 heteroatoms. The summed E-state index contributed by atoms with van der Waals surface area (Å²) < 4.78 is 0. The molecule has 0 aromatic carbocycles. The van der Waals surface area contributed by atoms with Gasteiger partial charge in [0.1, 0.15) is 24.2 Å². The topological polar surface area (TPSA) is 140 Å². The first kappa shape index (κ1) is 39.3. The van der Waals surface area contributed by atoms with Gasteiger partial charge in [-0.1, -0.05) is 34.6 Å². The predicted octanol–water partition coefficient (Wildman–Crippen LogP) is 2.90. The summed E-state index contributed by atoms with van der Waals surface area (Å²) >= 11 is 0. The van der Waals surface area contributed by atoms with E-state index in [1.807, 2.05) is 34.6 Å². The van der Waals surface area contributed by atoms with Gasteiger partial charge in [-0.15, -0.1) is 0 Å². The zero-order chi connectivity index (χ0) is 32.6. The zero-order valence-corrected chi connectivity index (χ0v) is 27.6. The lowest BCUT2D eigenvalue weighted by Crippen LogP contribution is -2.60. The maximum absolute atomic E-state index is 14.0. The number of carbonyl (C=O) groups excluding carboxylic acids is 5. The average molecular weight is 600 g/mol. The Balaban J connectivity index is 6.21. The average Bonchev–Trinajstić information content (AvgIpc) is 2.99. The SMILES string of the molecule is CCCN[C@H](C)C(=O)N(CCC)[C@H](C)C(=O)N(CCC)[C@H](C)C(=O)N(CCC)[C@H](C)C(=O)N(CCC)[C@H](C)C(=O)OO. The Morgan fingerprint density at radius 2 is 0.857 bits per heavy atom. The van der Waals surface area contributed by atoms with Crippen molar-refractivity contribution in [1.82, 2.24) is 24.9 Å². The van der Waals surface area contributed by atoms with Crippen molar-refractivity contribution in [3.8, 4) is 0 Å². The molecule has 0 aliphatic rings. The van der Waals surface area contributed by atoms with E-state index in [-0.39, 0.29) is 24.9 Å². The Hall–Kier alpha value is -2.73. The third kappa shape index (κ3) is 10.8. The molecule has 0 aliphatic carbocycles. The minimum absolute atomic E-state index is 0.167. The van der Waals surface area contributed by atoms with Crippen LogP contribution in [0.1, 0.15) is 101 Å². The van der Waals surface area contributed by atoms with Crippen molar-refractivity contribution in [2.75, 3.05) is 32.7 Å². The summed E-state index contributed by atoms with van der Waals surface area (Å²) in [4.78, 5) is 76.4. The summed E-state index contributed by atoms with van der Waals surface area (Å²) in [6.45, 7) is 19.7. The van der Waals surface area contributed by atoms with Crippen LogP contribution in [0.5, 0.6) is 0 Å². The van der Waals surface area contributed by atoms with Gasteiger partial charge in [0.25, 0.3) is 0 Å². The first-order valence-corrected chi connectivity index (χ1v) is 15.6. The molecule has 0 aliphatic heterocycles. The first-order chi connectivity index (χ1) is 19.8. The van der Waals surface area contributed by atoms with Crippen LogP contribution in [0, 0.1) is 0 Å². The minimum atomic E-state index is -1.05. The van der Waals surface area contributed by atoms with Crippen molar-refractivity contribution in [3.63, 3.8) is 0 Å². The lowest BCUT2D eigenvalue weighted by Gasteiger charge is -2.39. The predicted molar refractivity (Wildman–Crippen MR) is 162 cm³/mol. The van der Waals surface area contributed by atoms with Crippen LogP contribution >= 0.6 is 0 Å². The number of nitrogens with one attached hydrogen (secondary N) is 1. The molecule has 0 fully saturated rings. The third-order valence-electron chi connectivity index (χ3n) is 7.43. The highest BCUT2D eigenvalue weighted by Crippen LogP contribution is 2.17. The molecule has 4 amide bonds. The molecule has 0 radical (unpaired) electrons. The van der Waals surface area contributed by atoms with Crippen LogP contribution in [0.2, 0.25) is 0 Å². The molecule has 0 saturated carbocycles. The van der Waals surface area contributed by atoms with Crippen LogP contribution in [0.15, 0.2) is 0 Å². The van der Waals surface area contributed by atoms with Gasteiger partial charge in [0.2, 0.25) is 23.6 Å². The second kappa shape index (κ2) is 20.2. The molecule has 244 valence electrons. The van der Waals surface area contributed by atoms with Crippen LogP contribution in [-0.2, 0) is 28.9 Å². The van der Waals surface area contributed by atoms with Crippen LogP contribution in [0.4, 0.5) is 0 Å². The van der Waals surface area contributed by atoms with Gasteiger partial charge in [-0.2, -0.15) is 5.26 Å². The number of carbonyl (C=O) groups is 5. The molecule has 0 aromatic rings. The number of amides is 4. The number of hydrogen-bond acceptors (Lipinski definition) is 8. The molecule has 0 saturated heterocycles. The van der Waals surface area contributed by atoms with Gasteiger partial charge >= 0.3 is 5.97 Å². The Kier molecular flexibility index (Phi) is 18.9. The molecule has 0 aromatic heterocycles. The Labute approximate surface area is 253 Å². The fourth-order valence-corrected chi connectivity index (χ4v) is 4.96. The van der Waals surface area contributed by atoms with E-state index in [0.29, 0.717) is 45.3 Å². The molecule has 42 heavy (non-hydrogen) atoms. The second-order valence-corrected chi connectivity index (χ2v) is 10.9. The quantitative estimate of drug-likeness (QED) is 0.161.